The van der Waals surface area contributed by atoms with E-state index in [2.05, 4.69) is 11.0 Å². The van der Waals surface area contributed by atoms with Crippen molar-refractivity contribution in [2.24, 2.45) is 0 Å². The van der Waals surface area contributed by atoms with Crippen molar-refractivity contribution in [3.8, 4) is 17.2 Å². The average molecular weight is 349 g/mol. The standard InChI is InChI=1S/C21H23N3O2/c1-23-10-11-24(15-20(23)9-12-25)21(26)19-4-2-3-18(13-19)17-7-5-16(14-22)6-8-17/h2-8,13,20,25H,9-12,15H2,1H3. The number of aliphatic hydroxyl groups excluding tert-OH is 1. The molecule has 134 valence electrons. The van der Waals surface area contributed by atoms with Gasteiger partial charge < -0.3 is 10.0 Å². The van der Waals surface area contributed by atoms with Crippen molar-refractivity contribution in [1.29, 1.82) is 5.26 Å². The van der Waals surface area contributed by atoms with E-state index >= 15 is 0 Å². The van der Waals surface area contributed by atoms with E-state index in [9.17, 15) is 9.90 Å². The summed E-state index contributed by atoms with van der Waals surface area (Å²) in [4.78, 5) is 17.0. The Hall–Kier alpha value is -2.68. The highest BCUT2D eigenvalue weighted by Gasteiger charge is 2.27. The van der Waals surface area contributed by atoms with Crippen molar-refractivity contribution < 1.29 is 9.90 Å². The van der Waals surface area contributed by atoms with Gasteiger partial charge >= 0.3 is 0 Å². The molecule has 1 aliphatic rings. The Morgan fingerprint density at radius 3 is 2.65 bits per heavy atom. The first-order valence-corrected chi connectivity index (χ1v) is 8.83. The quantitative estimate of drug-likeness (QED) is 0.920. The van der Waals surface area contributed by atoms with Gasteiger partial charge in [-0.25, -0.2) is 0 Å². The Balaban J connectivity index is 1.78. The van der Waals surface area contributed by atoms with Gasteiger partial charge in [-0.15, -0.1) is 0 Å². The maximum absolute atomic E-state index is 12.9. The van der Waals surface area contributed by atoms with Crippen LogP contribution in [0.15, 0.2) is 48.5 Å². The highest BCUT2D eigenvalue weighted by Crippen LogP contribution is 2.22. The molecule has 0 spiro atoms. The molecule has 1 N–H and O–H groups in total. The van der Waals surface area contributed by atoms with Crippen LogP contribution in [0.2, 0.25) is 0 Å². The number of nitriles is 1. The SMILES string of the molecule is CN1CCN(C(=O)c2cccc(-c3ccc(C#N)cc3)c2)CC1CCO. The molecule has 1 aliphatic heterocycles. The van der Waals surface area contributed by atoms with Crippen molar-refractivity contribution in [3.05, 3.63) is 59.7 Å². The summed E-state index contributed by atoms with van der Waals surface area (Å²) in [6.07, 6.45) is 0.672. The largest absolute Gasteiger partial charge is 0.396 e. The molecule has 26 heavy (non-hydrogen) atoms. The van der Waals surface area contributed by atoms with Crippen molar-refractivity contribution >= 4 is 5.91 Å². The number of hydrogen-bond donors (Lipinski definition) is 1. The van der Waals surface area contributed by atoms with E-state index in [-0.39, 0.29) is 18.6 Å². The molecule has 0 radical (unpaired) electrons. The van der Waals surface area contributed by atoms with Crippen LogP contribution in [0.1, 0.15) is 22.3 Å². The van der Waals surface area contributed by atoms with Crippen LogP contribution in [0.3, 0.4) is 0 Å². The van der Waals surface area contributed by atoms with E-state index in [0.717, 1.165) is 17.7 Å². The summed E-state index contributed by atoms with van der Waals surface area (Å²) >= 11 is 0. The molecule has 5 nitrogen and oxygen atoms in total. The number of rotatable bonds is 4. The van der Waals surface area contributed by atoms with Gasteiger partial charge in [0.1, 0.15) is 0 Å². The fraction of sp³-hybridized carbons (Fsp3) is 0.333. The second kappa shape index (κ2) is 8.13. The Labute approximate surface area is 154 Å². The Morgan fingerprint density at radius 1 is 1.19 bits per heavy atom. The topological polar surface area (TPSA) is 67.6 Å². The minimum Gasteiger partial charge on any atom is -0.396 e. The van der Waals surface area contributed by atoms with Gasteiger partial charge in [0, 0.05) is 37.8 Å². The number of nitrogens with zero attached hydrogens (tertiary/aromatic N) is 3. The van der Waals surface area contributed by atoms with E-state index in [0.29, 0.717) is 30.6 Å². The predicted octanol–water partition coefficient (Wildman–Crippen LogP) is 2.36. The van der Waals surface area contributed by atoms with Crippen molar-refractivity contribution in [2.45, 2.75) is 12.5 Å². The zero-order valence-electron chi connectivity index (χ0n) is 14.9. The molecule has 0 bridgehead atoms. The molecule has 3 rings (SSSR count). The van der Waals surface area contributed by atoms with Gasteiger partial charge in [0.2, 0.25) is 0 Å². The maximum Gasteiger partial charge on any atom is 0.253 e. The highest BCUT2D eigenvalue weighted by molar-refractivity contribution is 5.95. The van der Waals surface area contributed by atoms with E-state index in [4.69, 9.17) is 5.26 Å². The molecule has 1 amide bonds. The number of benzene rings is 2. The third kappa shape index (κ3) is 3.93. The third-order valence-electron chi connectivity index (χ3n) is 4.98. The van der Waals surface area contributed by atoms with Crippen molar-refractivity contribution in [2.75, 3.05) is 33.3 Å². The summed E-state index contributed by atoms with van der Waals surface area (Å²) in [6.45, 7) is 2.27. The molecule has 2 aromatic rings. The monoisotopic (exact) mass is 349 g/mol. The van der Waals surface area contributed by atoms with E-state index < -0.39 is 0 Å². The van der Waals surface area contributed by atoms with E-state index in [1.807, 2.05) is 48.3 Å². The third-order valence-corrected chi connectivity index (χ3v) is 4.98. The molecular formula is C21H23N3O2. The summed E-state index contributed by atoms with van der Waals surface area (Å²) in [5.41, 5.74) is 3.23. The Morgan fingerprint density at radius 2 is 1.96 bits per heavy atom. The summed E-state index contributed by atoms with van der Waals surface area (Å²) in [7, 11) is 2.04. The Kier molecular flexibility index (Phi) is 5.67. The number of aliphatic hydroxyl groups is 1. The number of carbonyl (C=O) groups excluding carboxylic acids is 1. The fourth-order valence-electron chi connectivity index (χ4n) is 3.34. The zero-order chi connectivity index (χ0) is 18.5. The molecule has 1 atom stereocenters. The smallest absolute Gasteiger partial charge is 0.253 e. The summed E-state index contributed by atoms with van der Waals surface area (Å²) in [5.74, 6) is 0.0246. The van der Waals surface area contributed by atoms with Crippen LogP contribution in [0.5, 0.6) is 0 Å². The molecule has 1 unspecified atom stereocenters. The lowest BCUT2D eigenvalue weighted by molar-refractivity contribution is 0.0500. The van der Waals surface area contributed by atoms with Crippen LogP contribution >= 0.6 is 0 Å². The second-order valence-electron chi connectivity index (χ2n) is 6.67. The zero-order valence-corrected chi connectivity index (χ0v) is 14.9. The lowest BCUT2D eigenvalue weighted by Gasteiger charge is -2.39. The van der Waals surface area contributed by atoms with Gasteiger partial charge in [-0.2, -0.15) is 5.26 Å². The summed E-state index contributed by atoms with van der Waals surface area (Å²) < 4.78 is 0. The maximum atomic E-state index is 12.9. The van der Waals surface area contributed by atoms with Gasteiger partial charge in [-0.1, -0.05) is 24.3 Å². The minimum atomic E-state index is 0.0246. The minimum absolute atomic E-state index is 0.0246. The normalized spacial score (nSPS) is 17.7. The van der Waals surface area contributed by atoms with Crippen LogP contribution in [0, 0.1) is 11.3 Å². The number of hydrogen-bond acceptors (Lipinski definition) is 4. The van der Waals surface area contributed by atoms with Crippen LogP contribution in [0.25, 0.3) is 11.1 Å². The van der Waals surface area contributed by atoms with Crippen LogP contribution in [0.4, 0.5) is 0 Å². The molecule has 0 saturated carbocycles. The lowest BCUT2D eigenvalue weighted by atomic mass is 10.0. The molecule has 1 saturated heterocycles. The van der Waals surface area contributed by atoms with Gasteiger partial charge in [-0.05, 0) is 48.9 Å². The average Bonchev–Trinajstić information content (AvgIpc) is 2.69. The van der Waals surface area contributed by atoms with Crippen molar-refractivity contribution in [3.63, 3.8) is 0 Å². The van der Waals surface area contributed by atoms with E-state index in [1.54, 1.807) is 12.1 Å². The summed E-state index contributed by atoms with van der Waals surface area (Å²) in [5, 5.41) is 18.1. The number of carbonyl (C=O) groups is 1. The van der Waals surface area contributed by atoms with Gasteiger partial charge in [-0.3, -0.25) is 9.69 Å². The first-order valence-electron chi connectivity index (χ1n) is 8.83. The van der Waals surface area contributed by atoms with Gasteiger partial charge in [0.25, 0.3) is 5.91 Å². The first kappa shape index (κ1) is 18.1. The number of amides is 1. The molecule has 0 aromatic heterocycles. The second-order valence-corrected chi connectivity index (χ2v) is 6.67. The van der Waals surface area contributed by atoms with Crippen LogP contribution in [-0.4, -0.2) is 60.1 Å². The first-order chi connectivity index (χ1) is 12.6. The van der Waals surface area contributed by atoms with Gasteiger partial charge in [0.05, 0.1) is 11.6 Å². The predicted molar refractivity (Wildman–Crippen MR) is 101 cm³/mol. The van der Waals surface area contributed by atoms with Gasteiger partial charge in [0.15, 0.2) is 0 Å². The Bertz CT molecular complexity index is 811. The molecule has 2 aromatic carbocycles. The highest BCUT2D eigenvalue weighted by atomic mass is 16.3. The number of likely N-dealkylation sites (N-methyl/N-ethyl adjacent to an activating group) is 1. The molecular weight excluding hydrogens is 326 g/mol. The summed E-state index contributed by atoms with van der Waals surface area (Å²) in [6, 6.07) is 17.3. The van der Waals surface area contributed by atoms with Crippen molar-refractivity contribution in [1.82, 2.24) is 9.80 Å². The lowest BCUT2D eigenvalue weighted by Crippen LogP contribution is -2.53. The van der Waals surface area contributed by atoms with Crippen LogP contribution in [-0.2, 0) is 0 Å². The van der Waals surface area contributed by atoms with Crippen LogP contribution < -0.4 is 0 Å². The molecule has 0 aliphatic carbocycles. The molecule has 5 heteroatoms. The molecule has 1 heterocycles. The van der Waals surface area contributed by atoms with E-state index in [1.165, 1.54) is 0 Å². The number of piperazine rings is 1. The molecule has 1 fully saturated rings. The fourth-order valence-corrected chi connectivity index (χ4v) is 3.34.